The molecule has 0 amide bonds. The van der Waals surface area contributed by atoms with Crippen LogP contribution in [0.4, 0.5) is 0 Å². The Kier molecular flexibility index (Phi) is 4.20. The summed E-state index contributed by atoms with van der Waals surface area (Å²) in [6.45, 7) is 7.92. The van der Waals surface area contributed by atoms with Crippen molar-refractivity contribution in [3.63, 3.8) is 0 Å². The number of carbonyl (C=O) groups excluding carboxylic acids is 1. The quantitative estimate of drug-likeness (QED) is 0.668. The Balaban J connectivity index is 1.73. The molecule has 0 heterocycles. The molecule has 4 heteroatoms. The van der Waals surface area contributed by atoms with Crippen molar-refractivity contribution in [1.82, 2.24) is 0 Å². The maximum Gasteiger partial charge on any atom is 0.162 e. The van der Waals surface area contributed by atoms with Gasteiger partial charge in [-0.05, 0) is 86.9 Å². The van der Waals surface area contributed by atoms with E-state index < -0.39 is 17.1 Å². The molecule has 10 atom stereocenters. The van der Waals surface area contributed by atoms with E-state index in [2.05, 4.69) is 13.8 Å². The first-order valence-electron chi connectivity index (χ1n) is 10.6. The van der Waals surface area contributed by atoms with Crippen molar-refractivity contribution >= 4 is 5.78 Å². The normalized spacial score (nSPS) is 59.3. The fourth-order valence-corrected chi connectivity index (χ4v) is 8.44. The molecule has 0 saturated heterocycles. The van der Waals surface area contributed by atoms with Crippen LogP contribution >= 0.6 is 0 Å². The van der Waals surface area contributed by atoms with Gasteiger partial charge in [-0.25, -0.2) is 0 Å². The van der Waals surface area contributed by atoms with E-state index in [-0.39, 0.29) is 29.1 Å². The summed E-state index contributed by atoms with van der Waals surface area (Å²) in [5.74, 6) is 1.19. The molecule has 0 aromatic heterocycles. The first-order valence-corrected chi connectivity index (χ1v) is 10.6. The van der Waals surface area contributed by atoms with Crippen molar-refractivity contribution in [3.05, 3.63) is 0 Å². The van der Waals surface area contributed by atoms with Crippen molar-refractivity contribution in [2.24, 2.45) is 40.4 Å². The maximum atomic E-state index is 12.5. The Bertz CT molecular complexity index is 605. The van der Waals surface area contributed by atoms with Gasteiger partial charge in [0.25, 0.3) is 0 Å². The SMILES string of the molecule is CC(=O)[C@@]1(O)[C@H](C)C[C@@H]2[C@@H]3CC[C@H]4C[C@H](O)CC[C@]4(C)[C@@H]3[C@H](O)C[C@]21C. The Morgan fingerprint density at radius 3 is 2.42 bits per heavy atom. The second kappa shape index (κ2) is 5.78. The molecule has 0 spiro atoms. The fourth-order valence-electron chi connectivity index (χ4n) is 8.44. The molecule has 0 radical (unpaired) electrons. The van der Waals surface area contributed by atoms with Gasteiger partial charge < -0.3 is 15.3 Å². The van der Waals surface area contributed by atoms with Crippen LogP contribution in [0, 0.1) is 40.4 Å². The molecule has 4 rings (SSSR count). The molecule has 0 bridgehead atoms. The number of rotatable bonds is 1. The van der Waals surface area contributed by atoms with E-state index in [9.17, 15) is 20.1 Å². The lowest BCUT2D eigenvalue weighted by Crippen LogP contribution is -2.63. The zero-order valence-corrected chi connectivity index (χ0v) is 16.7. The Labute approximate surface area is 157 Å². The first kappa shape index (κ1) is 18.9. The van der Waals surface area contributed by atoms with Crippen LogP contribution in [0.5, 0.6) is 0 Å². The number of carbonyl (C=O) groups is 1. The topological polar surface area (TPSA) is 77.8 Å². The van der Waals surface area contributed by atoms with Crippen molar-refractivity contribution < 1.29 is 20.1 Å². The number of hydrogen-bond donors (Lipinski definition) is 3. The van der Waals surface area contributed by atoms with E-state index in [4.69, 9.17) is 0 Å². The van der Waals surface area contributed by atoms with Crippen LogP contribution in [0.3, 0.4) is 0 Å². The number of fused-ring (bicyclic) bond motifs is 5. The third-order valence-electron chi connectivity index (χ3n) is 9.69. The Morgan fingerprint density at radius 2 is 1.77 bits per heavy atom. The van der Waals surface area contributed by atoms with Gasteiger partial charge in [-0.15, -0.1) is 0 Å². The summed E-state index contributed by atoms with van der Waals surface area (Å²) in [5.41, 5.74) is -1.77. The third kappa shape index (κ3) is 2.15. The molecule has 148 valence electrons. The van der Waals surface area contributed by atoms with E-state index in [0.717, 1.165) is 38.5 Å². The number of ketones is 1. The zero-order chi connectivity index (χ0) is 19.1. The highest BCUT2D eigenvalue weighted by atomic mass is 16.3. The average molecular weight is 365 g/mol. The van der Waals surface area contributed by atoms with Crippen LogP contribution in [0.1, 0.15) is 72.6 Å². The van der Waals surface area contributed by atoms with Crippen LogP contribution in [0.25, 0.3) is 0 Å². The van der Waals surface area contributed by atoms with Gasteiger partial charge in [0, 0.05) is 5.41 Å². The van der Waals surface area contributed by atoms with Crippen molar-refractivity contribution in [2.75, 3.05) is 0 Å². The molecular formula is C22H36O4. The second-order valence-electron chi connectivity index (χ2n) is 10.7. The van der Waals surface area contributed by atoms with Gasteiger partial charge in [-0.3, -0.25) is 4.79 Å². The summed E-state index contributed by atoms with van der Waals surface area (Å²) in [7, 11) is 0. The molecule has 0 aliphatic heterocycles. The monoisotopic (exact) mass is 364 g/mol. The molecule has 4 fully saturated rings. The van der Waals surface area contributed by atoms with E-state index in [1.54, 1.807) is 0 Å². The molecule has 26 heavy (non-hydrogen) atoms. The first-order chi connectivity index (χ1) is 12.1. The third-order valence-corrected chi connectivity index (χ3v) is 9.69. The molecule has 4 aliphatic carbocycles. The summed E-state index contributed by atoms with van der Waals surface area (Å²) in [4.78, 5) is 12.5. The number of aliphatic hydroxyl groups excluding tert-OH is 2. The molecule has 3 N–H and O–H groups in total. The number of Topliss-reactive ketones (excluding diaryl/α,β-unsaturated/α-hetero) is 1. The molecule has 4 saturated carbocycles. The highest BCUT2D eigenvalue weighted by Crippen LogP contribution is 2.69. The van der Waals surface area contributed by atoms with Gasteiger partial charge in [0.1, 0.15) is 5.60 Å². The highest BCUT2D eigenvalue weighted by Gasteiger charge is 2.70. The van der Waals surface area contributed by atoms with Crippen LogP contribution in [-0.2, 0) is 4.79 Å². The smallest absolute Gasteiger partial charge is 0.162 e. The van der Waals surface area contributed by atoms with Gasteiger partial charge in [0.05, 0.1) is 12.2 Å². The second-order valence-corrected chi connectivity index (χ2v) is 10.7. The molecule has 4 aliphatic rings. The van der Waals surface area contributed by atoms with Crippen molar-refractivity contribution in [2.45, 2.75) is 90.4 Å². The van der Waals surface area contributed by atoms with E-state index in [1.165, 1.54) is 6.92 Å². The van der Waals surface area contributed by atoms with Crippen LogP contribution in [0.15, 0.2) is 0 Å². The zero-order valence-electron chi connectivity index (χ0n) is 16.7. The number of hydrogen-bond acceptors (Lipinski definition) is 4. The molecular weight excluding hydrogens is 328 g/mol. The Hall–Kier alpha value is -0.450. The van der Waals surface area contributed by atoms with Crippen LogP contribution in [-0.4, -0.2) is 38.9 Å². The maximum absolute atomic E-state index is 12.5. The van der Waals surface area contributed by atoms with Gasteiger partial charge in [-0.1, -0.05) is 20.8 Å². The van der Waals surface area contributed by atoms with Crippen LogP contribution < -0.4 is 0 Å². The van der Waals surface area contributed by atoms with Gasteiger partial charge in [0.15, 0.2) is 5.78 Å². The van der Waals surface area contributed by atoms with E-state index in [0.29, 0.717) is 24.2 Å². The molecule has 4 nitrogen and oxygen atoms in total. The predicted molar refractivity (Wildman–Crippen MR) is 99.3 cm³/mol. The predicted octanol–water partition coefficient (Wildman–Crippen LogP) is 2.93. The summed E-state index contributed by atoms with van der Waals surface area (Å²) in [6.07, 6.45) is 5.56. The van der Waals surface area contributed by atoms with Gasteiger partial charge >= 0.3 is 0 Å². The molecule has 0 unspecified atom stereocenters. The molecule has 0 aromatic carbocycles. The summed E-state index contributed by atoms with van der Waals surface area (Å²) < 4.78 is 0. The van der Waals surface area contributed by atoms with Gasteiger partial charge in [0.2, 0.25) is 0 Å². The van der Waals surface area contributed by atoms with Crippen molar-refractivity contribution in [3.8, 4) is 0 Å². The fraction of sp³-hybridized carbons (Fsp3) is 0.955. The molecule has 0 aromatic rings. The van der Waals surface area contributed by atoms with Crippen LogP contribution in [0.2, 0.25) is 0 Å². The minimum Gasteiger partial charge on any atom is -0.393 e. The summed E-state index contributed by atoms with van der Waals surface area (Å²) >= 11 is 0. The number of aliphatic hydroxyl groups is 3. The average Bonchev–Trinajstić information content (AvgIpc) is 2.76. The lowest BCUT2D eigenvalue weighted by Gasteiger charge is -2.62. The summed E-state index contributed by atoms with van der Waals surface area (Å²) in [6, 6.07) is 0. The van der Waals surface area contributed by atoms with E-state index >= 15 is 0 Å². The highest BCUT2D eigenvalue weighted by molar-refractivity contribution is 5.86. The van der Waals surface area contributed by atoms with Crippen molar-refractivity contribution in [1.29, 1.82) is 0 Å². The standard InChI is InChI=1S/C22H36O4/c1-12-9-17-16-6-5-14-10-15(24)7-8-20(14,3)19(16)18(25)11-21(17,4)22(12,26)13(2)23/h12,14-19,24-26H,5-11H2,1-4H3/t12-,14+,15-,16+,17-,18-,19+,20+,21-,22+/m1/s1. The lowest BCUT2D eigenvalue weighted by atomic mass is 9.43. The lowest BCUT2D eigenvalue weighted by molar-refractivity contribution is -0.203. The Morgan fingerprint density at radius 1 is 1.08 bits per heavy atom. The minimum absolute atomic E-state index is 0.0559. The van der Waals surface area contributed by atoms with Gasteiger partial charge in [-0.2, -0.15) is 0 Å². The van der Waals surface area contributed by atoms with E-state index in [1.807, 2.05) is 6.92 Å². The summed E-state index contributed by atoms with van der Waals surface area (Å²) in [5, 5.41) is 32.9. The largest absolute Gasteiger partial charge is 0.393 e. The minimum atomic E-state index is -1.32.